The van der Waals surface area contributed by atoms with E-state index in [4.69, 9.17) is 10.5 Å². The van der Waals surface area contributed by atoms with E-state index in [9.17, 15) is 14.4 Å². The molecule has 0 unspecified atom stereocenters. The van der Waals surface area contributed by atoms with Crippen LogP contribution in [0, 0.1) is 0 Å². The maximum atomic E-state index is 12.2. The Labute approximate surface area is 113 Å². The number of nitrogen functional groups attached to an aromatic ring is 1. The molecular weight excluding hydrogens is 262 g/mol. The Bertz CT molecular complexity index is 700. The van der Waals surface area contributed by atoms with Gasteiger partial charge in [0.25, 0.3) is 11.5 Å². The Morgan fingerprint density at radius 1 is 1.30 bits per heavy atom. The standard InChI is InChI=1S/C13H13N3O4/c1-2-20-13(19)9-10(14)16(15-11(9)17)12(18)8-6-4-3-5-7-8/h3-7H,2,14H2,1H3,(H,15,17). The van der Waals surface area contributed by atoms with E-state index in [-0.39, 0.29) is 18.0 Å². The molecule has 7 heteroatoms. The Hall–Kier alpha value is -2.83. The quantitative estimate of drug-likeness (QED) is 0.798. The zero-order valence-electron chi connectivity index (χ0n) is 10.8. The summed E-state index contributed by atoms with van der Waals surface area (Å²) in [5.41, 5.74) is 4.89. The van der Waals surface area contributed by atoms with Gasteiger partial charge in [-0.3, -0.25) is 14.7 Å². The molecule has 0 amide bonds. The van der Waals surface area contributed by atoms with Crippen molar-refractivity contribution in [1.82, 2.24) is 9.78 Å². The summed E-state index contributed by atoms with van der Waals surface area (Å²) in [6.45, 7) is 1.71. The SMILES string of the molecule is CCOC(=O)c1c(N)n(C(=O)c2ccccc2)[nH]c1=O. The van der Waals surface area contributed by atoms with Gasteiger partial charge in [0.15, 0.2) is 5.56 Å². The number of aromatic amines is 1. The molecule has 0 radical (unpaired) electrons. The second kappa shape index (κ2) is 5.43. The number of esters is 1. The van der Waals surface area contributed by atoms with E-state index in [1.165, 1.54) is 0 Å². The molecule has 3 N–H and O–H groups in total. The normalized spacial score (nSPS) is 10.2. The molecule has 7 nitrogen and oxygen atoms in total. The average molecular weight is 275 g/mol. The van der Waals surface area contributed by atoms with E-state index in [1.807, 2.05) is 0 Å². The van der Waals surface area contributed by atoms with Gasteiger partial charge in [-0.05, 0) is 19.1 Å². The van der Waals surface area contributed by atoms with Crippen molar-refractivity contribution < 1.29 is 14.3 Å². The van der Waals surface area contributed by atoms with Gasteiger partial charge in [0.05, 0.1) is 6.61 Å². The summed E-state index contributed by atoms with van der Waals surface area (Å²) in [6.07, 6.45) is 0. The topological polar surface area (TPSA) is 107 Å². The first-order valence-corrected chi connectivity index (χ1v) is 5.93. The van der Waals surface area contributed by atoms with E-state index in [0.717, 1.165) is 4.68 Å². The van der Waals surface area contributed by atoms with Crippen LogP contribution in [0.3, 0.4) is 0 Å². The van der Waals surface area contributed by atoms with Gasteiger partial charge in [0.2, 0.25) is 0 Å². The molecule has 2 aromatic rings. The summed E-state index contributed by atoms with van der Waals surface area (Å²) in [5.74, 6) is -1.65. The van der Waals surface area contributed by atoms with Gasteiger partial charge >= 0.3 is 5.97 Å². The lowest BCUT2D eigenvalue weighted by Gasteiger charge is -2.04. The second-order valence-corrected chi connectivity index (χ2v) is 3.93. The van der Waals surface area contributed by atoms with Crippen molar-refractivity contribution in [2.24, 2.45) is 0 Å². The molecule has 0 fully saturated rings. The fourth-order valence-electron chi connectivity index (χ4n) is 1.72. The van der Waals surface area contributed by atoms with Crippen molar-refractivity contribution in [3.63, 3.8) is 0 Å². The number of anilines is 1. The molecular formula is C13H13N3O4. The van der Waals surface area contributed by atoms with Gasteiger partial charge in [0, 0.05) is 5.56 Å². The number of H-pyrrole nitrogens is 1. The highest BCUT2D eigenvalue weighted by molar-refractivity contribution is 6.01. The van der Waals surface area contributed by atoms with Crippen LogP contribution in [0.1, 0.15) is 27.6 Å². The smallest absolute Gasteiger partial charge is 0.347 e. The van der Waals surface area contributed by atoms with Gasteiger partial charge in [0.1, 0.15) is 5.82 Å². The maximum Gasteiger partial charge on any atom is 0.347 e. The van der Waals surface area contributed by atoms with Crippen molar-refractivity contribution in [2.75, 3.05) is 12.3 Å². The molecule has 1 heterocycles. The second-order valence-electron chi connectivity index (χ2n) is 3.93. The predicted molar refractivity (Wildman–Crippen MR) is 71.6 cm³/mol. The lowest BCUT2D eigenvalue weighted by atomic mass is 10.2. The van der Waals surface area contributed by atoms with Gasteiger partial charge in [-0.1, -0.05) is 18.2 Å². The number of ether oxygens (including phenoxy) is 1. The van der Waals surface area contributed by atoms with Crippen LogP contribution in [0.4, 0.5) is 5.82 Å². The van der Waals surface area contributed by atoms with Crippen LogP contribution in [0.25, 0.3) is 0 Å². The van der Waals surface area contributed by atoms with E-state index < -0.39 is 17.4 Å². The first kappa shape index (κ1) is 13.6. The zero-order chi connectivity index (χ0) is 14.7. The van der Waals surface area contributed by atoms with Crippen LogP contribution in [-0.4, -0.2) is 28.3 Å². The molecule has 1 aromatic carbocycles. The van der Waals surface area contributed by atoms with E-state index in [1.54, 1.807) is 37.3 Å². The molecule has 0 bridgehead atoms. The minimum absolute atomic E-state index is 0.107. The summed E-state index contributed by atoms with van der Waals surface area (Å²) < 4.78 is 5.56. The first-order valence-electron chi connectivity index (χ1n) is 5.93. The van der Waals surface area contributed by atoms with Crippen LogP contribution >= 0.6 is 0 Å². The predicted octanol–water partition coefficient (Wildman–Crippen LogP) is 0.624. The number of nitrogens with one attached hydrogen (secondary N) is 1. The van der Waals surface area contributed by atoms with Crippen molar-refractivity contribution >= 4 is 17.7 Å². The maximum absolute atomic E-state index is 12.2. The largest absolute Gasteiger partial charge is 0.462 e. The first-order chi connectivity index (χ1) is 9.56. The number of nitrogens with zero attached hydrogens (tertiary/aromatic N) is 1. The lowest BCUT2D eigenvalue weighted by Crippen LogP contribution is -2.17. The molecule has 0 saturated carbocycles. The molecule has 20 heavy (non-hydrogen) atoms. The van der Waals surface area contributed by atoms with Gasteiger partial charge in [-0.15, -0.1) is 0 Å². The van der Waals surface area contributed by atoms with Gasteiger partial charge in [-0.25, -0.2) is 4.79 Å². The fourth-order valence-corrected chi connectivity index (χ4v) is 1.72. The number of rotatable bonds is 3. The summed E-state index contributed by atoms with van der Waals surface area (Å²) in [7, 11) is 0. The minimum atomic E-state index is -0.856. The third-order valence-corrected chi connectivity index (χ3v) is 2.64. The molecule has 0 saturated heterocycles. The third kappa shape index (κ3) is 2.33. The van der Waals surface area contributed by atoms with E-state index in [0.29, 0.717) is 5.56 Å². The Morgan fingerprint density at radius 3 is 2.55 bits per heavy atom. The number of benzene rings is 1. The highest BCUT2D eigenvalue weighted by Gasteiger charge is 2.24. The van der Waals surface area contributed by atoms with Gasteiger partial charge in [-0.2, -0.15) is 4.68 Å². The Balaban J connectivity index is 2.45. The number of hydrogen-bond donors (Lipinski definition) is 2. The molecule has 0 aliphatic heterocycles. The minimum Gasteiger partial charge on any atom is -0.462 e. The highest BCUT2D eigenvalue weighted by atomic mass is 16.5. The van der Waals surface area contributed by atoms with Crippen molar-refractivity contribution in [1.29, 1.82) is 0 Å². The molecule has 0 atom stereocenters. The van der Waals surface area contributed by atoms with Crippen molar-refractivity contribution in [2.45, 2.75) is 6.92 Å². The summed E-state index contributed by atoms with van der Waals surface area (Å²) in [6, 6.07) is 8.26. The zero-order valence-corrected chi connectivity index (χ0v) is 10.8. The van der Waals surface area contributed by atoms with E-state index >= 15 is 0 Å². The van der Waals surface area contributed by atoms with Crippen LogP contribution < -0.4 is 11.3 Å². The number of carbonyl (C=O) groups excluding carboxylic acids is 2. The lowest BCUT2D eigenvalue weighted by molar-refractivity contribution is 0.0526. The molecule has 104 valence electrons. The van der Waals surface area contributed by atoms with Crippen LogP contribution in [0.5, 0.6) is 0 Å². The van der Waals surface area contributed by atoms with Crippen LogP contribution in [0.2, 0.25) is 0 Å². The molecule has 1 aromatic heterocycles. The fraction of sp³-hybridized carbons (Fsp3) is 0.154. The van der Waals surface area contributed by atoms with Crippen molar-refractivity contribution in [3.8, 4) is 0 Å². The van der Waals surface area contributed by atoms with Gasteiger partial charge < -0.3 is 10.5 Å². The van der Waals surface area contributed by atoms with Crippen LogP contribution in [-0.2, 0) is 4.74 Å². The highest BCUT2D eigenvalue weighted by Crippen LogP contribution is 2.11. The van der Waals surface area contributed by atoms with Crippen molar-refractivity contribution in [3.05, 3.63) is 51.8 Å². The number of aromatic nitrogens is 2. The number of carbonyl (C=O) groups is 2. The molecule has 0 spiro atoms. The summed E-state index contributed by atoms with van der Waals surface area (Å²) >= 11 is 0. The molecule has 2 rings (SSSR count). The number of nitrogens with two attached hydrogens (primary N) is 1. The monoisotopic (exact) mass is 275 g/mol. The Morgan fingerprint density at radius 2 is 1.95 bits per heavy atom. The molecule has 0 aliphatic rings. The molecule has 0 aliphatic carbocycles. The van der Waals surface area contributed by atoms with E-state index in [2.05, 4.69) is 5.10 Å². The third-order valence-electron chi connectivity index (χ3n) is 2.64. The Kier molecular flexibility index (Phi) is 3.69. The summed E-state index contributed by atoms with van der Waals surface area (Å²) in [4.78, 5) is 35.5. The summed E-state index contributed by atoms with van der Waals surface area (Å²) in [5, 5.41) is 2.24. The average Bonchev–Trinajstić information content (AvgIpc) is 2.74. The van der Waals surface area contributed by atoms with Crippen LogP contribution in [0.15, 0.2) is 35.1 Å². The number of hydrogen-bond acceptors (Lipinski definition) is 5.